The van der Waals surface area contributed by atoms with Crippen molar-refractivity contribution in [1.82, 2.24) is 9.80 Å². The van der Waals surface area contributed by atoms with Crippen LogP contribution in [0.1, 0.15) is 11.1 Å². The first-order valence-electron chi connectivity index (χ1n) is 9.08. The summed E-state index contributed by atoms with van der Waals surface area (Å²) in [7, 11) is 1.62. The molecule has 0 saturated carbocycles. The molecular formula is C22H24N2O3. The number of methoxy groups -OCH3 is 1. The Morgan fingerprint density at radius 2 is 1.56 bits per heavy atom. The number of benzene rings is 2. The van der Waals surface area contributed by atoms with Crippen LogP contribution in [0.4, 0.5) is 0 Å². The molecule has 0 spiro atoms. The van der Waals surface area contributed by atoms with Gasteiger partial charge in [0.15, 0.2) is 0 Å². The predicted molar refractivity (Wildman–Crippen MR) is 105 cm³/mol. The highest BCUT2D eigenvalue weighted by Crippen LogP contribution is 2.13. The van der Waals surface area contributed by atoms with E-state index in [2.05, 4.69) is 0 Å². The molecule has 2 aromatic rings. The quantitative estimate of drug-likeness (QED) is 0.767. The monoisotopic (exact) mass is 364 g/mol. The zero-order valence-corrected chi connectivity index (χ0v) is 15.5. The van der Waals surface area contributed by atoms with Crippen LogP contribution in [0.15, 0.2) is 60.7 Å². The molecule has 5 heteroatoms. The summed E-state index contributed by atoms with van der Waals surface area (Å²) in [4.78, 5) is 28.4. The minimum absolute atomic E-state index is 0.0269. The van der Waals surface area contributed by atoms with Crippen LogP contribution in [-0.4, -0.2) is 54.9 Å². The van der Waals surface area contributed by atoms with Gasteiger partial charge in [0.25, 0.3) is 0 Å². The minimum Gasteiger partial charge on any atom is -0.497 e. The van der Waals surface area contributed by atoms with E-state index in [-0.39, 0.29) is 11.8 Å². The third kappa shape index (κ3) is 5.20. The lowest BCUT2D eigenvalue weighted by molar-refractivity contribution is -0.136. The smallest absolute Gasteiger partial charge is 0.246 e. The van der Waals surface area contributed by atoms with Gasteiger partial charge in [-0.15, -0.1) is 0 Å². The SMILES string of the molecule is COc1ccc(/C=C/C(=O)N2CCN(C(=O)Cc3ccccc3)CC2)cc1. The molecule has 1 aliphatic rings. The molecular weight excluding hydrogens is 340 g/mol. The van der Waals surface area contributed by atoms with Crippen LogP contribution in [0.25, 0.3) is 6.08 Å². The summed E-state index contributed by atoms with van der Waals surface area (Å²) < 4.78 is 5.13. The molecule has 0 bridgehead atoms. The van der Waals surface area contributed by atoms with Gasteiger partial charge in [-0.2, -0.15) is 0 Å². The maximum absolute atomic E-state index is 12.4. The lowest BCUT2D eigenvalue weighted by atomic mass is 10.1. The highest BCUT2D eigenvalue weighted by atomic mass is 16.5. The van der Waals surface area contributed by atoms with E-state index in [9.17, 15) is 9.59 Å². The molecule has 27 heavy (non-hydrogen) atoms. The second-order valence-electron chi connectivity index (χ2n) is 6.47. The Hall–Kier alpha value is -3.08. The van der Waals surface area contributed by atoms with Crippen molar-refractivity contribution in [2.75, 3.05) is 33.3 Å². The first-order chi connectivity index (χ1) is 13.2. The maximum Gasteiger partial charge on any atom is 0.246 e. The van der Waals surface area contributed by atoms with Crippen molar-refractivity contribution in [3.05, 3.63) is 71.8 Å². The van der Waals surface area contributed by atoms with Crippen molar-refractivity contribution in [3.63, 3.8) is 0 Å². The van der Waals surface area contributed by atoms with E-state index < -0.39 is 0 Å². The Morgan fingerprint density at radius 1 is 0.926 bits per heavy atom. The van der Waals surface area contributed by atoms with E-state index in [1.807, 2.05) is 59.5 Å². The topological polar surface area (TPSA) is 49.9 Å². The fraction of sp³-hybridized carbons (Fsp3) is 0.273. The molecule has 1 fully saturated rings. The molecule has 0 radical (unpaired) electrons. The molecule has 0 aliphatic carbocycles. The van der Waals surface area contributed by atoms with E-state index in [1.54, 1.807) is 24.2 Å². The maximum atomic E-state index is 12.4. The minimum atomic E-state index is -0.0269. The Labute approximate surface area is 159 Å². The largest absolute Gasteiger partial charge is 0.497 e. The summed E-state index contributed by atoms with van der Waals surface area (Å²) in [5.41, 5.74) is 1.96. The van der Waals surface area contributed by atoms with Gasteiger partial charge in [0, 0.05) is 32.3 Å². The van der Waals surface area contributed by atoms with E-state index in [0.29, 0.717) is 32.6 Å². The first-order valence-corrected chi connectivity index (χ1v) is 9.08. The Kier molecular flexibility index (Phi) is 6.26. The third-order valence-corrected chi connectivity index (χ3v) is 4.68. The normalized spacial score (nSPS) is 14.4. The molecule has 2 aromatic carbocycles. The van der Waals surface area contributed by atoms with Crippen LogP contribution in [-0.2, 0) is 16.0 Å². The highest BCUT2D eigenvalue weighted by molar-refractivity contribution is 5.92. The molecule has 0 N–H and O–H groups in total. The molecule has 0 unspecified atom stereocenters. The number of piperazine rings is 1. The lowest BCUT2D eigenvalue weighted by Gasteiger charge is -2.34. The van der Waals surface area contributed by atoms with Gasteiger partial charge >= 0.3 is 0 Å². The molecule has 3 rings (SSSR count). The predicted octanol–water partition coefficient (Wildman–Crippen LogP) is 2.62. The lowest BCUT2D eigenvalue weighted by Crippen LogP contribution is -2.50. The van der Waals surface area contributed by atoms with Crippen molar-refractivity contribution in [2.45, 2.75) is 6.42 Å². The van der Waals surface area contributed by atoms with Gasteiger partial charge in [-0.1, -0.05) is 42.5 Å². The van der Waals surface area contributed by atoms with Crippen LogP contribution in [0.2, 0.25) is 0 Å². The number of nitrogens with zero attached hydrogens (tertiary/aromatic N) is 2. The average Bonchev–Trinajstić information content (AvgIpc) is 2.73. The van der Waals surface area contributed by atoms with Crippen LogP contribution in [0.3, 0.4) is 0 Å². The molecule has 140 valence electrons. The molecule has 1 heterocycles. The van der Waals surface area contributed by atoms with Crippen molar-refractivity contribution in [1.29, 1.82) is 0 Å². The van der Waals surface area contributed by atoms with E-state index in [4.69, 9.17) is 4.74 Å². The molecule has 0 atom stereocenters. The fourth-order valence-electron chi connectivity index (χ4n) is 3.05. The van der Waals surface area contributed by atoms with Gasteiger partial charge in [0.2, 0.25) is 11.8 Å². The molecule has 5 nitrogen and oxygen atoms in total. The number of carbonyl (C=O) groups excluding carboxylic acids is 2. The van der Waals surface area contributed by atoms with Crippen LogP contribution in [0, 0.1) is 0 Å². The van der Waals surface area contributed by atoms with Crippen molar-refractivity contribution in [2.24, 2.45) is 0 Å². The summed E-state index contributed by atoms with van der Waals surface area (Å²) in [6.45, 7) is 2.28. The summed E-state index contributed by atoms with van der Waals surface area (Å²) in [6, 6.07) is 17.3. The zero-order chi connectivity index (χ0) is 19.1. The summed E-state index contributed by atoms with van der Waals surface area (Å²) in [6.07, 6.45) is 3.80. The van der Waals surface area contributed by atoms with Crippen LogP contribution >= 0.6 is 0 Å². The van der Waals surface area contributed by atoms with Crippen LogP contribution < -0.4 is 4.74 Å². The summed E-state index contributed by atoms with van der Waals surface area (Å²) in [5, 5.41) is 0. The van der Waals surface area contributed by atoms with Gasteiger partial charge in [-0.05, 0) is 29.3 Å². The summed E-state index contributed by atoms with van der Waals surface area (Å²) >= 11 is 0. The first kappa shape index (κ1) is 18.7. The third-order valence-electron chi connectivity index (χ3n) is 4.68. The number of amides is 2. The van der Waals surface area contributed by atoms with Gasteiger partial charge in [0.1, 0.15) is 5.75 Å². The molecule has 1 aliphatic heterocycles. The second-order valence-corrected chi connectivity index (χ2v) is 6.47. The number of ether oxygens (including phenoxy) is 1. The summed E-state index contributed by atoms with van der Waals surface area (Å²) in [5.74, 6) is 0.873. The van der Waals surface area contributed by atoms with Gasteiger partial charge < -0.3 is 14.5 Å². The Morgan fingerprint density at radius 3 is 2.19 bits per heavy atom. The van der Waals surface area contributed by atoms with Crippen molar-refractivity contribution < 1.29 is 14.3 Å². The molecule has 2 amide bonds. The number of rotatable bonds is 5. The number of hydrogen-bond donors (Lipinski definition) is 0. The fourth-order valence-corrected chi connectivity index (χ4v) is 3.05. The van der Waals surface area contributed by atoms with Gasteiger partial charge in [-0.3, -0.25) is 9.59 Å². The van der Waals surface area contributed by atoms with Crippen molar-refractivity contribution >= 4 is 17.9 Å². The van der Waals surface area contributed by atoms with E-state index in [0.717, 1.165) is 16.9 Å². The van der Waals surface area contributed by atoms with Crippen molar-refractivity contribution in [3.8, 4) is 5.75 Å². The number of hydrogen-bond acceptors (Lipinski definition) is 3. The van der Waals surface area contributed by atoms with E-state index >= 15 is 0 Å². The zero-order valence-electron chi connectivity index (χ0n) is 15.5. The standard InChI is InChI=1S/C22H24N2O3/c1-27-20-10-7-18(8-11-20)9-12-21(25)23-13-15-24(16-14-23)22(26)17-19-5-3-2-4-6-19/h2-12H,13-17H2,1H3/b12-9+. The Balaban J connectivity index is 1.48. The van der Waals surface area contributed by atoms with Gasteiger partial charge in [-0.25, -0.2) is 0 Å². The number of carbonyl (C=O) groups is 2. The highest BCUT2D eigenvalue weighted by Gasteiger charge is 2.22. The van der Waals surface area contributed by atoms with Crippen LogP contribution in [0.5, 0.6) is 5.75 Å². The Bertz CT molecular complexity index is 792. The van der Waals surface area contributed by atoms with Gasteiger partial charge in [0.05, 0.1) is 13.5 Å². The molecule has 1 saturated heterocycles. The second kappa shape index (κ2) is 9.03. The average molecular weight is 364 g/mol. The molecule has 0 aromatic heterocycles. The van der Waals surface area contributed by atoms with E-state index in [1.165, 1.54) is 0 Å².